The van der Waals surface area contributed by atoms with Crippen LogP contribution in [-0.4, -0.2) is 24.2 Å². The lowest BCUT2D eigenvalue weighted by atomic mass is 9.95. The Morgan fingerprint density at radius 1 is 1.23 bits per heavy atom. The normalized spacial score (nSPS) is 12.5. The lowest BCUT2D eigenvalue weighted by Gasteiger charge is -2.30. The molecule has 0 amide bonds. The molecule has 0 spiro atoms. The van der Waals surface area contributed by atoms with Gasteiger partial charge in [-0.05, 0) is 41.8 Å². The van der Waals surface area contributed by atoms with Gasteiger partial charge in [-0.1, -0.05) is 5.16 Å². The van der Waals surface area contributed by atoms with E-state index in [0.29, 0.717) is 0 Å². The summed E-state index contributed by atoms with van der Waals surface area (Å²) in [6.45, 7) is 8.26. The van der Waals surface area contributed by atoms with E-state index in [2.05, 4.69) is 23.9 Å². The Kier molecular flexibility index (Phi) is 2.48. The molecular weight excluding hydrogens is 164 g/mol. The lowest BCUT2D eigenvalue weighted by molar-refractivity contribution is 0.183. The van der Waals surface area contributed by atoms with Crippen LogP contribution in [0.15, 0.2) is 4.52 Å². The van der Waals surface area contributed by atoms with Crippen molar-refractivity contribution in [1.29, 1.82) is 0 Å². The third kappa shape index (κ3) is 1.61. The Balaban J connectivity index is 3.14. The van der Waals surface area contributed by atoms with Gasteiger partial charge in [-0.15, -0.1) is 0 Å². The summed E-state index contributed by atoms with van der Waals surface area (Å²) in [5.74, 6) is 0.907. The van der Waals surface area contributed by atoms with Crippen molar-refractivity contribution in [2.45, 2.75) is 33.2 Å². The molecule has 0 aliphatic carbocycles. The Bertz CT molecular complexity index is 300. The molecule has 3 nitrogen and oxygen atoms in total. The van der Waals surface area contributed by atoms with Gasteiger partial charge in [0.15, 0.2) is 0 Å². The highest BCUT2D eigenvalue weighted by Gasteiger charge is 2.29. The molecule has 1 rings (SSSR count). The Morgan fingerprint density at radius 2 is 1.77 bits per heavy atom. The minimum Gasteiger partial charge on any atom is -0.361 e. The fraction of sp³-hybridized carbons (Fsp3) is 0.700. The highest BCUT2D eigenvalue weighted by Crippen LogP contribution is 2.28. The summed E-state index contributed by atoms with van der Waals surface area (Å²) >= 11 is 0. The summed E-state index contributed by atoms with van der Waals surface area (Å²) in [5, 5.41) is 4.09. The van der Waals surface area contributed by atoms with Gasteiger partial charge in [0, 0.05) is 5.56 Å². The zero-order chi connectivity index (χ0) is 10.2. The number of hydrogen-bond donors (Lipinski definition) is 0. The molecule has 0 aliphatic rings. The first-order chi connectivity index (χ1) is 5.87. The SMILES string of the molecule is Cc1onc(C(C)(C)N(C)C)c1C. The van der Waals surface area contributed by atoms with Crippen molar-refractivity contribution in [1.82, 2.24) is 10.1 Å². The summed E-state index contributed by atoms with van der Waals surface area (Å²) in [7, 11) is 4.09. The number of rotatable bonds is 2. The molecule has 0 N–H and O–H groups in total. The third-order valence-corrected chi connectivity index (χ3v) is 2.85. The van der Waals surface area contributed by atoms with Crippen LogP contribution in [0, 0.1) is 13.8 Å². The van der Waals surface area contributed by atoms with E-state index in [0.717, 1.165) is 17.0 Å². The van der Waals surface area contributed by atoms with Crippen LogP contribution in [-0.2, 0) is 5.54 Å². The van der Waals surface area contributed by atoms with Gasteiger partial charge < -0.3 is 4.52 Å². The Hall–Kier alpha value is -0.830. The molecule has 0 aromatic carbocycles. The van der Waals surface area contributed by atoms with Crippen LogP contribution in [0.25, 0.3) is 0 Å². The standard InChI is InChI=1S/C10H18N2O/c1-7-8(2)13-11-9(7)10(3,4)12(5)6/h1-6H3. The van der Waals surface area contributed by atoms with Crippen LogP contribution in [0.4, 0.5) is 0 Å². The lowest BCUT2D eigenvalue weighted by Crippen LogP contribution is -2.36. The van der Waals surface area contributed by atoms with Crippen LogP contribution in [0.1, 0.15) is 30.9 Å². The van der Waals surface area contributed by atoms with Gasteiger partial charge in [0.2, 0.25) is 0 Å². The van der Waals surface area contributed by atoms with Crippen molar-refractivity contribution < 1.29 is 4.52 Å². The van der Waals surface area contributed by atoms with Crippen molar-refractivity contribution in [2.75, 3.05) is 14.1 Å². The molecule has 0 saturated heterocycles. The van der Waals surface area contributed by atoms with E-state index < -0.39 is 0 Å². The smallest absolute Gasteiger partial charge is 0.136 e. The molecule has 74 valence electrons. The minimum absolute atomic E-state index is 0.0676. The zero-order valence-corrected chi connectivity index (χ0v) is 9.30. The average molecular weight is 182 g/mol. The predicted molar refractivity (Wildman–Crippen MR) is 52.7 cm³/mol. The van der Waals surface area contributed by atoms with Gasteiger partial charge >= 0.3 is 0 Å². The first-order valence-electron chi connectivity index (χ1n) is 4.48. The maximum Gasteiger partial charge on any atom is 0.136 e. The fourth-order valence-corrected chi connectivity index (χ4v) is 1.20. The van der Waals surface area contributed by atoms with E-state index in [9.17, 15) is 0 Å². The van der Waals surface area contributed by atoms with Gasteiger partial charge in [-0.2, -0.15) is 0 Å². The van der Waals surface area contributed by atoms with Gasteiger partial charge in [0.25, 0.3) is 0 Å². The first-order valence-corrected chi connectivity index (χ1v) is 4.48. The largest absolute Gasteiger partial charge is 0.361 e. The van der Waals surface area contributed by atoms with E-state index in [1.807, 2.05) is 27.9 Å². The van der Waals surface area contributed by atoms with E-state index in [4.69, 9.17) is 4.52 Å². The van der Waals surface area contributed by atoms with Gasteiger partial charge in [0.05, 0.1) is 5.54 Å². The molecular formula is C10H18N2O. The number of nitrogens with zero attached hydrogens (tertiary/aromatic N) is 2. The zero-order valence-electron chi connectivity index (χ0n) is 9.30. The topological polar surface area (TPSA) is 29.3 Å². The number of hydrogen-bond acceptors (Lipinski definition) is 3. The summed E-state index contributed by atoms with van der Waals surface area (Å²) in [6.07, 6.45) is 0. The van der Waals surface area contributed by atoms with Crippen LogP contribution in [0.3, 0.4) is 0 Å². The van der Waals surface area contributed by atoms with Crippen molar-refractivity contribution in [2.24, 2.45) is 0 Å². The van der Waals surface area contributed by atoms with Crippen molar-refractivity contribution in [3.05, 3.63) is 17.0 Å². The molecule has 1 aromatic rings. The number of aromatic nitrogens is 1. The van der Waals surface area contributed by atoms with E-state index >= 15 is 0 Å². The second-order valence-corrected chi connectivity index (χ2v) is 4.17. The maximum absolute atomic E-state index is 5.16. The molecule has 0 bridgehead atoms. The molecule has 3 heteroatoms. The highest BCUT2D eigenvalue weighted by molar-refractivity contribution is 5.25. The quantitative estimate of drug-likeness (QED) is 0.701. The Morgan fingerprint density at radius 3 is 2.08 bits per heavy atom. The molecule has 0 atom stereocenters. The molecule has 0 fully saturated rings. The van der Waals surface area contributed by atoms with E-state index in [1.54, 1.807) is 0 Å². The van der Waals surface area contributed by atoms with Gasteiger partial charge in [0.1, 0.15) is 11.5 Å². The molecule has 1 aromatic heterocycles. The van der Waals surface area contributed by atoms with Crippen LogP contribution >= 0.6 is 0 Å². The maximum atomic E-state index is 5.16. The van der Waals surface area contributed by atoms with Crippen molar-refractivity contribution in [3.8, 4) is 0 Å². The third-order valence-electron chi connectivity index (χ3n) is 2.85. The highest BCUT2D eigenvalue weighted by atomic mass is 16.5. The van der Waals surface area contributed by atoms with Crippen LogP contribution in [0.2, 0.25) is 0 Å². The predicted octanol–water partition coefficient (Wildman–Crippen LogP) is 2.09. The van der Waals surface area contributed by atoms with Gasteiger partial charge in [-0.3, -0.25) is 4.90 Å². The van der Waals surface area contributed by atoms with Crippen molar-refractivity contribution >= 4 is 0 Å². The summed E-state index contributed by atoms with van der Waals surface area (Å²) in [4.78, 5) is 2.14. The molecule has 13 heavy (non-hydrogen) atoms. The minimum atomic E-state index is -0.0676. The summed E-state index contributed by atoms with van der Waals surface area (Å²) in [5.41, 5.74) is 2.11. The molecule has 0 aliphatic heterocycles. The average Bonchev–Trinajstić information content (AvgIpc) is 2.33. The van der Waals surface area contributed by atoms with E-state index in [-0.39, 0.29) is 5.54 Å². The molecule has 0 radical (unpaired) electrons. The van der Waals surface area contributed by atoms with E-state index in [1.165, 1.54) is 0 Å². The van der Waals surface area contributed by atoms with Crippen LogP contribution in [0.5, 0.6) is 0 Å². The molecule has 0 unspecified atom stereocenters. The summed E-state index contributed by atoms with van der Waals surface area (Å²) < 4.78 is 5.16. The van der Waals surface area contributed by atoms with Crippen molar-refractivity contribution in [3.63, 3.8) is 0 Å². The molecule has 0 saturated carbocycles. The Labute approximate surface area is 79.7 Å². The second kappa shape index (κ2) is 3.14. The van der Waals surface area contributed by atoms with Crippen LogP contribution < -0.4 is 0 Å². The number of aryl methyl sites for hydroxylation is 1. The monoisotopic (exact) mass is 182 g/mol. The first kappa shape index (κ1) is 10.3. The molecule has 1 heterocycles. The second-order valence-electron chi connectivity index (χ2n) is 4.17. The summed E-state index contributed by atoms with van der Waals surface area (Å²) in [6, 6.07) is 0. The van der Waals surface area contributed by atoms with Gasteiger partial charge in [-0.25, -0.2) is 0 Å². The fourth-order valence-electron chi connectivity index (χ4n) is 1.20.